The Morgan fingerprint density at radius 2 is 0.561 bits per heavy atom. The number of unbranched alkanes of at least 4 members (excludes halogenated alkanes) is 9. The molecule has 1 aromatic carbocycles. The van der Waals surface area contributed by atoms with Crippen LogP contribution in [-0.2, 0) is 6.42 Å². The van der Waals surface area contributed by atoms with Crippen molar-refractivity contribution in [3.8, 4) is 0 Å². The largest absolute Gasteiger partial charge is 0.298 e. The first-order valence-electron chi connectivity index (χ1n) is 39.6. The van der Waals surface area contributed by atoms with E-state index in [0.29, 0.717) is 10.8 Å². The lowest BCUT2D eigenvalue weighted by molar-refractivity contribution is -0.256. The van der Waals surface area contributed by atoms with Crippen LogP contribution in [0.4, 0.5) is 0 Å². The van der Waals surface area contributed by atoms with Crippen LogP contribution >= 0.6 is 0 Å². The minimum Gasteiger partial charge on any atom is -0.298 e. The predicted octanol–water partition coefficient (Wildman–Crippen LogP) is 13.3. The Bertz CT molecular complexity index is 3330. The van der Waals surface area contributed by atoms with E-state index >= 15 is 0 Å². The lowest BCUT2D eigenvalue weighted by atomic mass is 9.31. The minimum atomic E-state index is 0.604. The number of likely N-dealkylation sites (tertiary alicyclic amines) is 1. The number of rotatable bonds is 12. The lowest BCUT2D eigenvalue weighted by Gasteiger charge is -2.72. The number of benzene rings is 1. The Labute approximate surface area is 488 Å². The van der Waals surface area contributed by atoms with Gasteiger partial charge in [0.05, 0.1) is 0 Å². The van der Waals surface area contributed by atoms with Crippen molar-refractivity contribution in [3.63, 3.8) is 0 Å². The predicted molar refractivity (Wildman–Crippen MR) is 305 cm³/mol. The number of aryl methyl sites for hydroxylation is 1. The molecule has 32 saturated carbocycles. The summed E-state index contributed by atoms with van der Waals surface area (Å²) in [4.78, 5) is 3.46. The van der Waals surface area contributed by atoms with Crippen molar-refractivity contribution in [1.82, 2.24) is 4.90 Å². The summed E-state index contributed by atoms with van der Waals surface area (Å²) in [5.74, 6) is 72.7. The molecule has 33 aliphatic rings. The molecule has 1 aromatic rings. The first kappa shape index (κ1) is 40.7. The first-order chi connectivity index (χ1) is 40.8. The van der Waals surface area contributed by atoms with Crippen LogP contribution in [0.2, 0.25) is 0 Å². The van der Waals surface area contributed by atoms with Crippen molar-refractivity contribution in [1.29, 1.82) is 0 Å². The molecule has 0 N–H and O–H groups in total. The van der Waals surface area contributed by atoms with Crippen LogP contribution in [0.25, 0.3) is 0 Å². The van der Waals surface area contributed by atoms with Crippen molar-refractivity contribution in [3.05, 3.63) is 35.4 Å². The van der Waals surface area contributed by atoms with Crippen LogP contribution in [-0.4, -0.2) is 18.5 Å². The van der Waals surface area contributed by atoms with Crippen LogP contribution < -0.4 is 0 Å². The highest BCUT2D eigenvalue weighted by Gasteiger charge is 3.06. The molecule has 1 nitrogen and oxygen atoms in total. The summed E-state index contributed by atoms with van der Waals surface area (Å²) < 4.78 is 0. The van der Waals surface area contributed by atoms with Crippen LogP contribution in [0.1, 0.15) is 88.3 Å². The molecule has 34 rings (SSSR count). The summed E-state index contributed by atoms with van der Waals surface area (Å²) in [7, 11) is 2.95. The molecule has 61 unspecified atom stereocenters. The molecule has 0 amide bonds. The maximum atomic E-state index is 3.46. The van der Waals surface area contributed by atoms with E-state index in [1.165, 1.54) is 402 Å². The second kappa shape index (κ2) is 11.1. The third-order valence-corrected chi connectivity index (χ3v) is 46.1. The van der Waals surface area contributed by atoms with E-state index in [4.69, 9.17) is 0 Å². The Morgan fingerprint density at radius 1 is 0.305 bits per heavy atom. The summed E-state index contributed by atoms with van der Waals surface area (Å²) in [6.07, 6.45) is 16.1. The van der Waals surface area contributed by atoms with Gasteiger partial charge in [0.25, 0.3) is 0 Å². The third kappa shape index (κ3) is 2.83. The highest BCUT2D eigenvalue weighted by molar-refractivity contribution is 5.54. The number of hydrogen-bond donors (Lipinski definition) is 0. The monoisotopic (exact) mass is 1080 g/mol. The Kier molecular flexibility index (Phi) is 5.50. The minimum absolute atomic E-state index is 0.604. The Hall–Kier alpha value is -0.820. The summed E-state index contributed by atoms with van der Waals surface area (Å²) in [5.41, 5.74) is 5.04. The van der Waals surface area contributed by atoms with E-state index in [0.717, 1.165) is 17.9 Å². The lowest BCUT2D eigenvalue weighted by Crippen LogP contribution is -2.70. The molecule has 0 bridgehead atoms. The van der Waals surface area contributed by atoms with Crippen LogP contribution in [0.15, 0.2) is 24.3 Å². The van der Waals surface area contributed by atoms with Crippen molar-refractivity contribution < 1.29 is 0 Å². The SMILES string of the molecule is CCCCCCCCCCCCc1cccc(C2N(C)CC34C5C6C7C8C9C%10C%11C%12C%13C%14C%11C%11C9C9C%15C%11C%11C%14C%14C%16C%13C%13C%17C%12C%12C%10C8C8C%10C%12C%17C%12C%17C%13C%16C%13C%16C%14C%11C%11C%15C(C5C97)C5C%11C%16C7C%13C%17C9C%12C%10C(C86)C3C9C7C524)c1. The smallest absolute Gasteiger partial charge is 0.0413 e. The third-order valence-electron chi connectivity index (χ3n) is 46.1. The van der Waals surface area contributed by atoms with Gasteiger partial charge in [-0.2, -0.15) is 0 Å². The van der Waals surface area contributed by atoms with E-state index in [1.807, 2.05) is 5.56 Å². The van der Waals surface area contributed by atoms with Crippen molar-refractivity contribution in [2.75, 3.05) is 13.6 Å². The van der Waals surface area contributed by atoms with E-state index in [2.05, 4.69) is 43.1 Å². The van der Waals surface area contributed by atoms with Gasteiger partial charge in [-0.1, -0.05) is 89.0 Å². The fraction of sp³-hybridized carbons (Fsp3) is 0.926. The van der Waals surface area contributed by atoms with Gasteiger partial charge in [0.1, 0.15) is 0 Å². The second-order valence-corrected chi connectivity index (χ2v) is 42.2. The summed E-state index contributed by atoms with van der Waals surface area (Å²) in [6.45, 7) is 4.01. The molecular formula is C81H93N. The van der Waals surface area contributed by atoms with Gasteiger partial charge < -0.3 is 0 Å². The zero-order chi connectivity index (χ0) is 50.1. The fourth-order valence-electron chi connectivity index (χ4n) is 51.7. The summed E-state index contributed by atoms with van der Waals surface area (Å²) in [5, 5.41) is 0. The van der Waals surface area contributed by atoms with Crippen LogP contribution in [0.5, 0.6) is 0 Å². The van der Waals surface area contributed by atoms with Gasteiger partial charge in [-0.05, 0) is 380 Å². The maximum absolute atomic E-state index is 3.46. The molecule has 1 saturated heterocycles. The molecule has 82 heavy (non-hydrogen) atoms. The maximum Gasteiger partial charge on any atom is 0.0413 e. The highest BCUT2D eigenvalue weighted by Crippen LogP contribution is 3.09. The molecule has 2 spiro atoms. The van der Waals surface area contributed by atoms with Gasteiger partial charge in [0.15, 0.2) is 0 Å². The summed E-state index contributed by atoms with van der Waals surface area (Å²) in [6, 6.07) is 12.2. The number of hydrogen-bond acceptors (Lipinski definition) is 1. The molecule has 0 aromatic heterocycles. The molecule has 0 radical (unpaired) electrons. The van der Waals surface area contributed by atoms with E-state index in [1.54, 1.807) is 12.1 Å². The Balaban J connectivity index is 0.703. The Morgan fingerprint density at radius 3 is 0.927 bits per heavy atom. The molecule has 33 fully saturated rings. The fourth-order valence-corrected chi connectivity index (χ4v) is 51.7. The quantitative estimate of drug-likeness (QED) is 0.189. The standard InChI is InChI=1S/C81H93N/c1-3-4-5-6-7-8-9-10-11-12-14-19-15-13-16-20(17-19)79-81-77-70-62-50-42-33-24-22-21-23-27(24)36-43-41-32(23)34-30-25(21)28-29-26(22)31-35(33)48(50)56-54-40(31)38(29)46-45-37(28)39(30)53-55-47(34)49(41)61-63-51(43)52(44(36)42)64(62)73(77)72(63)75-68(61)66(55)69-59(53)57(45)65-58(46)60(54)71(67(56)70)78(81)74(65)76(69)80(75,81)18-82(79)2/h13,15-17,21-79H,3-12,14,18H2,1-2H3. The van der Waals surface area contributed by atoms with E-state index in [-0.39, 0.29) is 0 Å². The normalized spacial score (nSPS) is 85.9. The van der Waals surface area contributed by atoms with Gasteiger partial charge in [0, 0.05) is 18.0 Å². The zero-order valence-corrected chi connectivity index (χ0v) is 49.3. The van der Waals surface area contributed by atoms with Crippen molar-refractivity contribution in [2.24, 2.45) is 354 Å². The molecule has 1 aliphatic heterocycles. The number of nitrogens with zero attached hydrogens (tertiary/aromatic N) is 1. The van der Waals surface area contributed by atoms with Crippen LogP contribution in [0, 0.1) is 354 Å². The molecule has 422 valence electrons. The topological polar surface area (TPSA) is 3.24 Å². The van der Waals surface area contributed by atoms with E-state index < -0.39 is 0 Å². The second-order valence-electron chi connectivity index (χ2n) is 42.2. The summed E-state index contributed by atoms with van der Waals surface area (Å²) >= 11 is 0. The zero-order valence-electron chi connectivity index (χ0n) is 49.3. The highest BCUT2D eigenvalue weighted by atomic mass is 15.3. The van der Waals surface area contributed by atoms with Gasteiger partial charge in [-0.25, -0.2) is 0 Å². The average molecular weight is 1080 g/mol. The van der Waals surface area contributed by atoms with Crippen molar-refractivity contribution in [2.45, 2.75) is 83.6 Å². The van der Waals surface area contributed by atoms with Crippen LogP contribution in [0.3, 0.4) is 0 Å². The van der Waals surface area contributed by atoms with Crippen molar-refractivity contribution >= 4 is 0 Å². The van der Waals surface area contributed by atoms with Gasteiger partial charge in [-0.3, -0.25) is 4.90 Å². The van der Waals surface area contributed by atoms with E-state index in [9.17, 15) is 0 Å². The molecule has 1 heterocycles. The molecule has 1 heteroatoms. The average Bonchev–Trinajstić information content (AvgIpc) is 1.39. The van der Waals surface area contributed by atoms with Gasteiger partial charge in [0.2, 0.25) is 0 Å². The van der Waals surface area contributed by atoms with Gasteiger partial charge in [-0.15, -0.1) is 0 Å². The molecule has 32 aliphatic carbocycles. The first-order valence-corrected chi connectivity index (χ1v) is 39.6. The molecule has 61 atom stereocenters. The van der Waals surface area contributed by atoms with Gasteiger partial charge >= 0.3 is 0 Å². The molecular weight excluding hydrogens is 987 g/mol.